The Morgan fingerprint density at radius 3 is 2.62 bits per heavy atom. The van der Waals surface area contributed by atoms with Crippen LogP contribution < -0.4 is 10.6 Å². The van der Waals surface area contributed by atoms with Crippen molar-refractivity contribution in [3.05, 3.63) is 47.5 Å². The van der Waals surface area contributed by atoms with E-state index in [0.29, 0.717) is 11.9 Å². The van der Waals surface area contributed by atoms with Crippen LogP contribution in [0.25, 0.3) is 0 Å². The van der Waals surface area contributed by atoms with Crippen molar-refractivity contribution in [3.8, 4) is 0 Å². The summed E-state index contributed by atoms with van der Waals surface area (Å²) in [7, 11) is 0. The maximum atomic E-state index is 5.66. The van der Waals surface area contributed by atoms with Crippen molar-refractivity contribution in [2.24, 2.45) is 0 Å². The Hall–Kier alpha value is -2.10. The smallest absolute Gasteiger partial charge is 0.151 e. The molecule has 0 unspecified atom stereocenters. The zero-order chi connectivity index (χ0) is 14.7. The summed E-state index contributed by atoms with van der Waals surface area (Å²) in [6.07, 6.45) is 5.07. The van der Waals surface area contributed by atoms with Crippen molar-refractivity contribution in [1.82, 2.24) is 10.2 Å². The molecule has 4 nitrogen and oxygen atoms in total. The average Bonchev–Trinajstić information content (AvgIpc) is 3.00. The molecule has 1 heterocycles. The van der Waals surface area contributed by atoms with Crippen molar-refractivity contribution >= 4 is 11.6 Å². The van der Waals surface area contributed by atoms with Gasteiger partial charge in [-0.3, -0.25) is 0 Å². The third-order valence-corrected chi connectivity index (χ3v) is 4.17. The molecule has 0 spiro atoms. The second-order valence-corrected chi connectivity index (χ2v) is 5.87. The van der Waals surface area contributed by atoms with Gasteiger partial charge in [0.2, 0.25) is 0 Å². The quantitative estimate of drug-likeness (QED) is 0.934. The summed E-state index contributed by atoms with van der Waals surface area (Å²) in [6.45, 7) is 3.01. The molecular formula is C17H22N4. The first-order valence-electron chi connectivity index (χ1n) is 7.64. The molecule has 0 bridgehead atoms. The molecule has 1 aliphatic carbocycles. The van der Waals surface area contributed by atoms with Gasteiger partial charge in [-0.25, -0.2) is 0 Å². The van der Waals surface area contributed by atoms with Crippen LogP contribution in [-0.2, 0) is 6.54 Å². The van der Waals surface area contributed by atoms with E-state index in [1.165, 1.54) is 36.8 Å². The van der Waals surface area contributed by atoms with Gasteiger partial charge in [-0.05, 0) is 37.5 Å². The van der Waals surface area contributed by atoms with Gasteiger partial charge < -0.3 is 10.6 Å². The van der Waals surface area contributed by atoms with Crippen molar-refractivity contribution in [2.75, 3.05) is 10.6 Å². The summed E-state index contributed by atoms with van der Waals surface area (Å²) in [5.74, 6) is 1.40. The van der Waals surface area contributed by atoms with Crippen molar-refractivity contribution < 1.29 is 0 Å². The topological polar surface area (TPSA) is 55.0 Å². The summed E-state index contributed by atoms with van der Waals surface area (Å²) in [6, 6.07) is 13.0. The van der Waals surface area contributed by atoms with Crippen LogP contribution in [0, 0.1) is 6.92 Å². The van der Waals surface area contributed by atoms with E-state index >= 15 is 0 Å². The molecule has 1 aliphatic rings. The monoisotopic (exact) mass is 282 g/mol. The SMILES string of the molecule is Cc1cccc(CN(c2ccc(N)nn2)C2CCCC2)c1. The lowest BCUT2D eigenvalue weighted by Crippen LogP contribution is -2.33. The van der Waals surface area contributed by atoms with Crippen LogP contribution in [0.15, 0.2) is 36.4 Å². The van der Waals surface area contributed by atoms with Gasteiger partial charge >= 0.3 is 0 Å². The largest absolute Gasteiger partial charge is 0.382 e. The number of hydrogen-bond acceptors (Lipinski definition) is 4. The van der Waals surface area contributed by atoms with Crippen LogP contribution in [0.2, 0.25) is 0 Å². The number of aromatic nitrogens is 2. The number of nitrogen functional groups attached to an aromatic ring is 1. The molecule has 2 N–H and O–H groups in total. The fourth-order valence-electron chi connectivity index (χ4n) is 3.11. The van der Waals surface area contributed by atoms with E-state index < -0.39 is 0 Å². The molecule has 0 radical (unpaired) electrons. The Kier molecular flexibility index (Phi) is 4.04. The van der Waals surface area contributed by atoms with E-state index in [9.17, 15) is 0 Å². The zero-order valence-corrected chi connectivity index (χ0v) is 12.5. The molecule has 110 valence electrons. The zero-order valence-electron chi connectivity index (χ0n) is 12.5. The Morgan fingerprint density at radius 2 is 1.95 bits per heavy atom. The highest BCUT2D eigenvalue weighted by Gasteiger charge is 2.24. The van der Waals surface area contributed by atoms with Crippen LogP contribution in [0.3, 0.4) is 0 Å². The Labute approximate surface area is 126 Å². The first kappa shape index (κ1) is 13.9. The molecular weight excluding hydrogens is 260 g/mol. The van der Waals surface area contributed by atoms with Gasteiger partial charge in [0, 0.05) is 12.6 Å². The summed E-state index contributed by atoms with van der Waals surface area (Å²) in [5, 5.41) is 8.31. The molecule has 3 rings (SSSR count). The van der Waals surface area contributed by atoms with Gasteiger partial charge in [-0.1, -0.05) is 42.7 Å². The lowest BCUT2D eigenvalue weighted by Gasteiger charge is -2.30. The first-order chi connectivity index (χ1) is 10.2. The van der Waals surface area contributed by atoms with E-state index in [-0.39, 0.29) is 0 Å². The molecule has 21 heavy (non-hydrogen) atoms. The Balaban J connectivity index is 1.86. The number of benzene rings is 1. The minimum Gasteiger partial charge on any atom is -0.382 e. The normalized spacial score (nSPS) is 15.3. The van der Waals surface area contributed by atoms with Crippen molar-refractivity contribution in [2.45, 2.75) is 45.2 Å². The Morgan fingerprint density at radius 1 is 1.14 bits per heavy atom. The number of nitrogens with zero attached hydrogens (tertiary/aromatic N) is 3. The van der Waals surface area contributed by atoms with Crippen LogP contribution in [0.4, 0.5) is 11.6 Å². The molecule has 2 aromatic rings. The van der Waals surface area contributed by atoms with E-state index in [4.69, 9.17) is 5.73 Å². The number of anilines is 2. The second-order valence-electron chi connectivity index (χ2n) is 5.87. The molecule has 1 saturated carbocycles. The number of nitrogens with two attached hydrogens (primary N) is 1. The van der Waals surface area contributed by atoms with Crippen molar-refractivity contribution in [3.63, 3.8) is 0 Å². The van der Waals surface area contributed by atoms with Gasteiger partial charge in [0.05, 0.1) is 0 Å². The number of hydrogen-bond donors (Lipinski definition) is 1. The lowest BCUT2D eigenvalue weighted by atomic mass is 10.1. The average molecular weight is 282 g/mol. The number of rotatable bonds is 4. The van der Waals surface area contributed by atoms with Gasteiger partial charge in [0.15, 0.2) is 5.82 Å². The predicted octanol–water partition coefficient (Wildman–Crippen LogP) is 3.32. The first-order valence-corrected chi connectivity index (χ1v) is 7.64. The third kappa shape index (κ3) is 3.32. The summed E-state index contributed by atoms with van der Waals surface area (Å²) in [5.41, 5.74) is 8.27. The molecule has 0 atom stereocenters. The van der Waals surface area contributed by atoms with Gasteiger partial charge in [0.25, 0.3) is 0 Å². The predicted molar refractivity (Wildman–Crippen MR) is 86.1 cm³/mol. The van der Waals surface area contributed by atoms with E-state index in [0.717, 1.165) is 12.4 Å². The lowest BCUT2D eigenvalue weighted by molar-refractivity contribution is 0.594. The third-order valence-electron chi connectivity index (χ3n) is 4.17. The fraction of sp³-hybridized carbons (Fsp3) is 0.412. The van der Waals surface area contributed by atoms with Crippen LogP contribution in [0.1, 0.15) is 36.8 Å². The molecule has 0 amide bonds. The molecule has 4 heteroatoms. The van der Waals surface area contributed by atoms with E-state index in [1.807, 2.05) is 12.1 Å². The molecule has 1 aromatic heterocycles. The van der Waals surface area contributed by atoms with E-state index in [2.05, 4.69) is 46.3 Å². The summed E-state index contributed by atoms with van der Waals surface area (Å²) < 4.78 is 0. The van der Waals surface area contributed by atoms with Crippen LogP contribution in [-0.4, -0.2) is 16.2 Å². The molecule has 0 saturated heterocycles. The minimum absolute atomic E-state index is 0.473. The van der Waals surface area contributed by atoms with Gasteiger partial charge in [-0.15, -0.1) is 10.2 Å². The summed E-state index contributed by atoms with van der Waals surface area (Å²) in [4.78, 5) is 2.38. The maximum Gasteiger partial charge on any atom is 0.151 e. The van der Waals surface area contributed by atoms with Gasteiger partial charge in [0.1, 0.15) is 5.82 Å². The second kappa shape index (κ2) is 6.12. The van der Waals surface area contributed by atoms with Crippen LogP contribution in [0.5, 0.6) is 0 Å². The highest BCUT2D eigenvalue weighted by atomic mass is 15.3. The highest BCUT2D eigenvalue weighted by molar-refractivity contribution is 5.43. The maximum absolute atomic E-state index is 5.66. The molecule has 1 fully saturated rings. The summed E-state index contributed by atoms with van der Waals surface area (Å²) >= 11 is 0. The highest BCUT2D eigenvalue weighted by Crippen LogP contribution is 2.28. The standard InChI is InChI=1S/C17H22N4/c1-13-5-4-6-14(11-13)12-21(15-7-2-3-8-15)17-10-9-16(18)19-20-17/h4-6,9-11,15H,2-3,7-8,12H2,1H3,(H2,18,19). The molecule has 1 aromatic carbocycles. The number of aryl methyl sites for hydroxylation is 1. The fourth-order valence-corrected chi connectivity index (χ4v) is 3.11. The Bertz CT molecular complexity index is 588. The van der Waals surface area contributed by atoms with Crippen molar-refractivity contribution in [1.29, 1.82) is 0 Å². The van der Waals surface area contributed by atoms with Gasteiger partial charge in [-0.2, -0.15) is 0 Å². The minimum atomic E-state index is 0.473. The van der Waals surface area contributed by atoms with E-state index in [1.54, 1.807) is 0 Å². The van der Waals surface area contributed by atoms with Crippen LogP contribution >= 0.6 is 0 Å². The molecule has 0 aliphatic heterocycles.